The van der Waals surface area contributed by atoms with E-state index in [-0.39, 0.29) is 17.2 Å². The van der Waals surface area contributed by atoms with Crippen LogP contribution in [-0.4, -0.2) is 57.6 Å². The molecule has 2 amide bonds. The summed E-state index contributed by atoms with van der Waals surface area (Å²) in [5, 5.41) is 4.31. The first kappa shape index (κ1) is 18.7. The molecule has 1 unspecified atom stereocenters. The van der Waals surface area contributed by atoms with Crippen molar-refractivity contribution in [1.82, 2.24) is 19.6 Å². The quantitative estimate of drug-likeness (QED) is 0.797. The molecule has 1 aromatic heterocycles. The van der Waals surface area contributed by atoms with Gasteiger partial charge in [0.2, 0.25) is 11.8 Å². The van der Waals surface area contributed by atoms with E-state index in [4.69, 9.17) is 0 Å². The maximum atomic E-state index is 13.1. The summed E-state index contributed by atoms with van der Waals surface area (Å²) < 4.78 is 1.74. The molecule has 1 spiro atoms. The molecule has 0 aliphatic carbocycles. The second kappa shape index (κ2) is 7.41. The van der Waals surface area contributed by atoms with Crippen LogP contribution >= 0.6 is 0 Å². The van der Waals surface area contributed by atoms with E-state index in [1.54, 1.807) is 4.68 Å². The van der Waals surface area contributed by atoms with Crippen molar-refractivity contribution in [3.8, 4) is 0 Å². The fraction of sp³-hybridized carbons (Fsp3) is 0.500. The molecule has 28 heavy (non-hydrogen) atoms. The minimum absolute atomic E-state index is 0.100. The third-order valence-corrected chi connectivity index (χ3v) is 6.28. The molecule has 0 saturated carbocycles. The zero-order valence-corrected chi connectivity index (χ0v) is 16.7. The number of benzene rings is 1. The molecule has 1 atom stereocenters. The molecule has 6 nitrogen and oxygen atoms in total. The maximum absolute atomic E-state index is 13.1. The van der Waals surface area contributed by atoms with E-state index in [1.807, 2.05) is 48.2 Å². The monoisotopic (exact) mass is 380 g/mol. The fourth-order valence-electron chi connectivity index (χ4n) is 4.58. The van der Waals surface area contributed by atoms with Gasteiger partial charge in [-0.05, 0) is 31.7 Å². The summed E-state index contributed by atoms with van der Waals surface area (Å²) in [7, 11) is 1.87. The molecule has 148 valence electrons. The van der Waals surface area contributed by atoms with Gasteiger partial charge in [0.1, 0.15) is 0 Å². The van der Waals surface area contributed by atoms with Gasteiger partial charge in [0, 0.05) is 45.0 Å². The Kier molecular flexibility index (Phi) is 4.96. The van der Waals surface area contributed by atoms with Crippen LogP contribution in [0.15, 0.2) is 36.5 Å². The van der Waals surface area contributed by atoms with Crippen LogP contribution < -0.4 is 0 Å². The highest BCUT2D eigenvalue weighted by Crippen LogP contribution is 2.40. The van der Waals surface area contributed by atoms with Gasteiger partial charge < -0.3 is 9.80 Å². The maximum Gasteiger partial charge on any atom is 0.230 e. The first-order chi connectivity index (χ1) is 13.5. The van der Waals surface area contributed by atoms with Crippen LogP contribution in [0.25, 0.3) is 0 Å². The summed E-state index contributed by atoms with van der Waals surface area (Å²) in [6.45, 7) is 4.73. The summed E-state index contributed by atoms with van der Waals surface area (Å²) in [5.74, 6) is 0.333. The van der Waals surface area contributed by atoms with Crippen LogP contribution in [0.1, 0.15) is 29.7 Å². The number of carbonyl (C=O) groups is 2. The topological polar surface area (TPSA) is 58.4 Å². The van der Waals surface area contributed by atoms with Crippen molar-refractivity contribution >= 4 is 11.8 Å². The number of likely N-dealkylation sites (tertiary alicyclic amines) is 2. The molecule has 0 radical (unpaired) electrons. The normalized spacial score (nSPS) is 21.9. The van der Waals surface area contributed by atoms with Crippen molar-refractivity contribution in [2.24, 2.45) is 12.5 Å². The van der Waals surface area contributed by atoms with E-state index >= 15 is 0 Å². The van der Waals surface area contributed by atoms with Gasteiger partial charge in [-0.15, -0.1) is 0 Å². The Morgan fingerprint density at radius 1 is 1.18 bits per heavy atom. The first-order valence-electron chi connectivity index (χ1n) is 10.1. The Morgan fingerprint density at radius 3 is 2.64 bits per heavy atom. The van der Waals surface area contributed by atoms with Crippen LogP contribution in [-0.2, 0) is 29.5 Å². The molecule has 2 aliphatic rings. The van der Waals surface area contributed by atoms with Gasteiger partial charge in [-0.2, -0.15) is 5.10 Å². The minimum Gasteiger partial charge on any atom is -0.342 e. The molecular formula is C22H28N4O2. The van der Waals surface area contributed by atoms with E-state index in [0.717, 1.165) is 43.6 Å². The number of hydrogen-bond acceptors (Lipinski definition) is 3. The van der Waals surface area contributed by atoms with Gasteiger partial charge in [-0.1, -0.05) is 30.3 Å². The van der Waals surface area contributed by atoms with Gasteiger partial charge in [0.25, 0.3) is 0 Å². The van der Waals surface area contributed by atoms with Crippen molar-refractivity contribution in [1.29, 1.82) is 0 Å². The molecule has 2 fully saturated rings. The van der Waals surface area contributed by atoms with Gasteiger partial charge in [-0.25, -0.2) is 0 Å². The standard InChI is InChI=1S/C22H28N4O2/c1-17-19(15-24(2)23-17)14-20(27)26-13-10-22(16-26)9-12-25(21(22)28)11-8-18-6-4-3-5-7-18/h3-7,15H,8-14,16H2,1-2H3. The molecular weight excluding hydrogens is 352 g/mol. The average molecular weight is 380 g/mol. The Hall–Kier alpha value is -2.63. The number of rotatable bonds is 5. The molecule has 2 aliphatic heterocycles. The molecule has 1 aromatic carbocycles. The second-order valence-electron chi connectivity index (χ2n) is 8.21. The summed E-state index contributed by atoms with van der Waals surface area (Å²) in [4.78, 5) is 29.8. The SMILES string of the molecule is Cc1nn(C)cc1CC(=O)N1CCC2(CCN(CCc3ccccc3)C2=O)C1. The average Bonchev–Trinajstić information content (AvgIpc) is 3.35. The molecule has 0 bridgehead atoms. The van der Waals surface area contributed by atoms with Crippen LogP contribution in [0.2, 0.25) is 0 Å². The predicted molar refractivity (Wildman–Crippen MR) is 107 cm³/mol. The van der Waals surface area contributed by atoms with Crippen LogP contribution in [0.3, 0.4) is 0 Å². The summed E-state index contributed by atoms with van der Waals surface area (Å²) >= 11 is 0. The second-order valence-corrected chi connectivity index (χ2v) is 8.21. The van der Waals surface area contributed by atoms with E-state index in [0.29, 0.717) is 19.5 Å². The Labute approximate surface area is 166 Å². The number of aromatic nitrogens is 2. The van der Waals surface area contributed by atoms with E-state index in [9.17, 15) is 9.59 Å². The van der Waals surface area contributed by atoms with Gasteiger partial charge in [0.05, 0.1) is 17.5 Å². The van der Waals surface area contributed by atoms with Crippen molar-refractivity contribution < 1.29 is 9.59 Å². The lowest BCUT2D eigenvalue weighted by molar-refractivity contribution is -0.136. The van der Waals surface area contributed by atoms with Crippen LogP contribution in [0, 0.1) is 12.3 Å². The van der Waals surface area contributed by atoms with Crippen molar-refractivity contribution in [2.45, 2.75) is 32.6 Å². The molecule has 3 heterocycles. The van der Waals surface area contributed by atoms with E-state index in [1.165, 1.54) is 5.56 Å². The van der Waals surface area contributed by atoms with Gasteiger partial charge >= 0.3 is 0 Å². The molecule has 0 N–H and O–H groups in total. The lowest BCUT2D eigenvalue weighted by Crippen LogP contribution is -2.39. The molecule has 2 saturated heterocycles. The van der Waals surface area contributed by atoms with Crippen molar-refractivity contribution in [3.05, 3.63) is 53.3 Å². The Bertz CT molecular complexity index is 876. The summed E-state index contributed by atoms with van der Waals surface area (Å²) in [6, 6.07) is 10.3. The smallest absolute Gasteiger partial charge is 0.230 e. The third kappa shape index (κ3) is 3.55. The number of hydrogen-bond donors (Lipinski definition) is 0. The van der Waals surface area contributed by atoms with Gasteiger partial charge in [0.15, 0.2) is 0 Å². The van der Waals surface area contributed by atoms with Crippen molar-refractivity contribution in [3.63, 3.8) is 0 Å². The zero-order chi connectivity index (χ0) is 19.7. The number of aryl methyl sites for hydroxylation is 2. The fourth-order valence-corrected chi connectivity index (χ4v) is 4.58. The number of amides is 2. The lowest BCUT2D eigenvalue weighted by atomic mass is 9.85. The highest BCUT2D eigenvalue weighted by molar-refractivity contribution is 5.87. The lowest BCUT2D eigenvalue weighted by Gasteiger charge is -2.24. The summed E-state index contributed by atoms with van der Waals surface area (Å²) in [5.41, 5.74) is 2.76. The predicted octanol–water partition coefficient (Wildman–Crippen LogP) is 1.96. The highest BCUT2D eigenvalue weighted by atomic mass is 16.2. The summed E-state index contributed by atoms with van der Waals surface area (Å²) in [6.07, 6.45) is 4.79. The number of carbonyl (C=O) groups excluding carboxylic acids is 2. The highest BCUT2D eigenvalue weighted by Gasteiger charge is 2.51. The Morgan fingerprint density at radius 2 is 1.93 bits per heavy atom. The van der Waals surface area contributed by atoms with Crippen LogP contribution in [0.4, 0.5) is 0 Å². The minimum atomic E-state index is -0.365. The Balaban J connectivity index is 1.35. The van der Waals surface area contributed by atoms with E-state index < -0.39 is 0 Å². The number of nitrogens with zero attached hydrogens (tertiary/aromatic N) is 4. The van der Waals surface area contributed by atoms with Crippen LogP contribution in [0.5, 0.6) is 0 Å². The van der Waals surface area contributed by atoms with Crippen molar-refractivity contribution in [2.75, 3.05) is 26.2 Å². The third-order valence-electron chi connectivity index (χ3n) is 6.28. The molecule has 6 heteroatoms. The zero-order valence-electron chi connectivity index (χ0n) is 16.7. The largest absolute Gasteiger partial charge is 0.342 e. The first-order valence-corrected chi connectivity index (χ1v) is 10.1. The molecule has 4 rings (SSSR count). The molecule has 2 aromatic rings. The van der Waals surface area contributed by atoms with Gasteiger partial charge in [-0.3, -0.25) is 14.3 Å². The van der Waals surface area contributed by atoms with E-state index in [2.05, 4.69) is 17.2 Å².